The van der Waals surface area contributed by atoms with Crippen molar-refractivity contribution in [2.75, 3.05) is 11.8 Å². The minimum Gasteiger partial charge on any atom is -0.380 e. The van der Waals surface area contributed by atoms with Crippen molar-refractivity contribution in [1.82, 2.24) is 9.55 Å². The fourth-order valence-electron chi connectivity index (χ4n) is 1.99. The van der Waals surface area contributed by atoms with Gasteiger partial charge in [-0.2, -0.15) is 0 Å². The number of nitrogens with zero attached hydrogens (tertiary/aromatic N) is 2. The zero-order valence-corrected chi connectivity index (χ0v) is 13.1. The van der Waals surface area contributed by atoms with Crippen LogP contribution in [-0.4, -0.2) is 25.1 Å². The lowest BCUT2D eigenvalue weighted by atomic mass is 10.2. The molecule has 7 nitrogen and oxygen atoms in total. The second-order valence-corrected chi connectivity index (χ2v) is 6.20. The van der Waals surface area contributed by atoms with Gasteiger partial charge in [0.2, 0.25) is 0 Å². The summed E-state index contributed by atoms with van der Waals surface area (Å²) in [5, 5.41) is 0. The van der Waals surface area contributed by atoms with Crippen LogP contribution in [0.15, 0.2) is 46.5 Å². The second-order valence-electron chi connectivity index (χ2n) is 4.54. The lowest BCUT2D eigenvalue weighted by Crippen LogP contribution is -2.26. The Hall–Kier alpha value is -2.19. The van der Waals surface area contributed by atoms with Crippen molar-refractivity contribution in [2.45, 2.75) is 25.0 Å². The van der Waals surface area contributed by atoms with Crippen LogP contribution >= 0.6 is 0 Å². The standard InChI is InChI=1S/C14H17N3O4S/c1-3-17-10-15-8-12(14(17)18)16-22(19,20)13-7-5-4-6-11(13)9-21-2/h4-8,10,16H,3,9H2,1-2H3. The predicted octanol–water partition coefficient (Wildman–Crippen LogP) is 1.21. The summed E-state index contributed by atoms with van der Waals surface area (Å²) >= 11 is 0. The van der Waals surface area contributed by atoms with Crippen LogP contribution < -0.4 is 10.3 Å². The highest BCUT2D eigenvalue weighted by molar-refractivity contribution is 7.92. The smallest absolute Gasteiger partial charge is 0.277 e. The van der Waals surface area contributed by atoms with Gasteiger partial charge in [0.05, 0.1) is 24.0 Å². The number of hydrogen-bond donors (Lipinski definition) is 1. The maximum absolute atomic E-state index is 12.5. The Morgan fingerprint density at radius 3 is 2.73 bits per heavy atom. The first-order valence-electron chi connectivity index (χ1n) is 6.63. The molecule has 2 aromatic rings. The Bertz CT molecular complexity index is 815. The van der Waals surface area contributed by atoms with Crippen molar-refractivity contribution in [3.05, 3.63) is 52.7 Å². The molecule has 0 spiro atoms. The number of methoxy groups -OCH3 is 1. The highest BCUT2D eigenvalue weighted by Gasteiger charge is 2.20. The van der Waals surface area contributed by atoms with Crippen molar-refractivity contribution < 1.29 is 13.2 Å². The molecule has 1 heterocycles. The molecule has 0 unspecified atom stereocenters. The third-order valence-corrected chi connectivity index (χ3v) is 4.51. The summed E-state index contributed by atoms with van der Waals surface area (Å²) in [4.78, 5) is 16.0. The molecule has 0 aliphatic heterocycles. The molecule has 0 radical (unpaired) electrons. The summed E-state index contributed by atoms with van der Waals surface area (Å²) in [6, 6.07) is 6.46. The highest BCUT2D eigenvalue weighted by atomic mass is 32.2. The van der Waals surface area contributed by atoms with Crippen molar-refractivity contribution in [2.24, 2.45) is 0 Å². The average molecular weight is 323 g/mol. The Morgan fingerprint density at radius 2 is 2.05 bits per heavy atom. The highest BCUT2D eigenvalue weighted by Crippen LogP contribution is 2.18. The van der Waals surface area contributed by atoms with E-state index >= 15 is 0 Å². The van der Waals surface area contributed by atoms with Crippen molar-refractivity contribution >= 4 is 15.7 Å². The van der Waals surface area contributed by atoms with Crippen LogP contribution in [0.2, 0.25) is 0 Å². The van der Waals surface area contributed by atoms with Crippen LogP contribution in [0.3, 0.4) is 0 Å². The van der Waals surface area contributed by atoms with Crippen molar-refractivity contribution in [1.29, 1.82) is 0 Å². The number of nitrogens with one attached hydrogen (secondary N) is 1. The van der Waals surface area contributed by atoms with Gasteiger partial charge in [-0.3, -0.25) is 14.1 Å². The number of anilines is 1. The molecule has 0 saturated heterocycles. The predicted molar refractivity (Wildman–Crippen MR) is 82.1 cm³/mol. The van der Waals surface area contributed by atoms with E-state index in [1.807, 2.05) is 0 Å². The van der Waals surface area contributed by atoms with Gasteiger partial charge in [0.15, 0.2) is 0 Å². The van der Waals surface area contributed by atoms with Crippen LogP contribution in [0.5, 0.6) is 0 Å². The zero-order chi connectivity index (χ0) is 16.2. The first-order valence-corrected chi connectivity index (χ1v) is 8.12. The molecular weight excluding hydrogens is 306 g/mol. The summed E-state index contributed by atoms with van der Waals surface area (Å²) in [6.45, 7) is 2.33. The molecule has 1 aromatic carbocycles. The van der Waals surface area contributed by atoms with Gasteiger partial charge in [0.1, 0.15) is 5.69 Å². The van der Waals surface area contributed by atoms with Gasteiger partial charge >= 0.3 is 0 Å². The van der Waals surface area contributed by atoms with Crippen molar-refractivity contribution in [3.8, 4) is 0 Å². The maximum Gasteiger partial charge on any atom is 0.277 e. The van der Waals surface area contributed by atoms with Gasteiger partial charge in [0, 0.05) is 13.7 Å². The molecule has 0 bridgehead atoms. The van der Waals surface area contributed by atoms with Gasteiger partial charge in [-0.15, -0.1) is 0 Å². The SMILES string of the molecule is CCn1cncc(NS(=O)(=O)c2ccccc2COC)c1=O. The summed E-state index contributed by atoms with van der Waals surface area (Å²) in [5.74, 6) is 0. The van der Waals surface area contributed by atoms with E-state index in [2.05, 4.69) is 9.71 Å². The Balaban J connectivity index is 2.43. The molecule has 22 heavy (non-hydrogen) atoms. The van der Waals surface area contributed by atoms with Gasteiger partial charge in [-0.1, -0.05) is 18.2 Å². The van der Waals surface area contributed by atoms with Gasteiger partial charge in [0.25, 0.3) is 15.6 Å². The van der Waals surface area contributed by atoms with Crippen LogP contribution in [0.25, 0.3) is 0 Å². The second kappa shape index (κ2) is 6.71. The van der Waals surface area contributed by atoms with Gasteiger partial charge in [-0.05, 0) is 18.6 Å². The van der Waals surface area contributed by atoms with Crippen LogP contribution in [-0.2, 0) is 27.9 Å². The van der Waals surface area contributed by atoms with E-state index < -0.39 is 15.6 Å². The summed E-state index contributed by atoms with van der Waals surface area (Å²) in [5.41, 5.74) is -0.0147. The average Bonchev–Trinajstić information content (AvgIpc) is 2.50. The number of aromatic nitrogens is 2. The van der Waals surface area contributed by atoms with E-state index in [4.69, 9.17) is 4.74 Å². The Labute approximate surface area is 128 Å². The number of sulfonamides is 1. The molecule has 0 aliphatic rings. The molecule has 118 valence electrons. The Morgan fingerprint density at radius 1 is 1.32 bits per heavy atom. The van der Waals surface area contributed by atoms with E-state index in [1.165, 1.54) is 30.3 Å². The minimum absolute atomic E-state index is 0.0724. The summed E-state index contributed by atoms with van der Waals surface area (Å²) in [6.07, 6.45) is 2.56. The lowest BCUT2D eigenvalue weighted by Gasteiger charge is -2.12. The maximum atomic E-state index is 12.5. The molecule has 0 atom stereocenters. The number of aryl methyl sites for hydroxylation is 1. The van der Waals surface area contributed by atoms with Crippen LogP contribution in [0, 0.1) is 0 Å². The third-order valence-electron chi connectivity index (χ3n) is 3.05. The van der Waals surface area contributed by atoms with Crippen LogP contribution in [0.1, 0.15) is 12.5 Å². The number of hydrogen-bond acceptors (Lipinski definition) is 5. The molecule has 0 saturated carbocycles. The molecule has 0 aliphatic carbocycles. The first kappa shape index (κ1) is 16.2. The normalized spacial score (nSPS) is 11.4. The number of rotatable bonds is 6. The summed E-state index contributed by atoms with van der Waals surface area (Å²) in [7, 11) is -2.41. The molecule has 1 aromatic heterocycles. The fraction of sp³-hybridized carbons (Fsp3) is 0.286. The largest absolute Gasteiger partial charge is 0.380 e. The quantitative estimate of drug-likeness (QED) is 0.863. The molecule has 0 amide bonds. The molecule has 8 heteroatoms. The first-order chi connectivity index (χ1) is 10.5. The number of ether oxygens (including phenoxy) is 1. The van der Waals surface area contributed by atoms with E-state index in [-0.39, 0.29) is 17.2 Å². The van der Waals surface area contributed by atoms with E-state index in [1.54, 1.807) is 25.1 Å². The molecule has 1 N–H and O–H groups in total. The zero-order valence-electron chi connectivity index (χ0n) is 12.3. The molecular formula is C14H17N3O4S. The lowest BCUT2D eigenvalue weighted by molar-refractivity contribution is 0.182. The molecule has 0 fully saturated rings. The topological polar surface area (TPSA) is 90.3 Å². The summed E-state index contributed by atoms with van der Waals surface area (Å²) < 4.78 is 33.6. The van der Waals surface area contributed by atoms with Gasteiger partial charge in [-0.25, -0.2) is 13.4 Å². The third kappa shape index (κ3) is 3.34. The van der Waals surface area contributed by atoms with Crippen LogP contribution in [0.4, 0.5) is 5.69 Å². The monoisotopic (exact) mass is 323 g/mol. The fourth-order valence-corrected chi connectivity index (χ4v) is 3.26. The van der Waals surface area contributed by atoms with E-state index in [9.17, 15) is 13.2 Å². The number of benzene rings is 1. The minimum atomic E-state index is -3.90. The van der Waals surface area contributed by atoms with E-state index in [0.29, 0.717) is 12.1 Å². The van der Waals surface area contributed by atoms with E-state index in [0.717, 1.165) is 0 Å². The van der Waals surface area contributed by atoms with Crippen molar-refractivity contribution in [3.63, 3.8) is 0 Å². The molecule has 2 rings (SSSR count). The van der Waals surface area contributed by atoms with Gasteiger partial charge < -0.3 is 4.74 Å². The Kier molecular flexibility index (Phi) is 4.94.